The molecule has 0 aromatic heterocycles. The van der Waals surface area contributed by atoms with Crippen LogP contribution >= 0.6 is 0 Å². The Morgan fingerprint density at radius 2 is 1.92 bits per heavy atom. The summed E-state index contributed by atoms with van der Waals surface area (Å²) in [7, 11) is 3.62. The first kappa shape index (κ1) is 25.1. The summed E-state index contributed by atoms with van der Waals surface area (Å²) in [4.78, 5) is 28.0. The van der Waals surface area contributed by atoms with E-state index in [1.165, 1.54) is 23.6 Å². The molecule has 0 aliphatic heterocycles. The van der Waals surface area contributed by atoms with Crippen molar-refractivity contribution in [3.05, 3.63) is 58.2 Å². The monoisotopic (exact) mass is 491 g/mol. The number of hydrogen-bond donors (Lipinski definition) is 0. The van der Waals surface area contributed by atoms with Crippen molar-refractivity contribution < 1.29 is 23.9 Å². The normalized spacial score (nSPS) is 33.7. The summed E-state index contributed by atoms with van der Waals surface area (Å²) >= 11 is 0. The van der Waals surface area contributed by atoms with Gasteiger partial charge in [-0.25, -0.2) is 4.79 Å². The molecule has 5 rings (SSSR count). The number of ether oxygens (including phenoxy) is 2. The van der Waals surface area contributed by atoms with Gasteiger partial charge in [-0.1, -0.05) is 41.9 Å². The first-order valence-corrected chi connectivity index (χ1v) is 13.1. The van der Waals surface area contributed by atoms with E-state index in [9.17, 15) is 9.59 Å². The van der Waals surface area contributed by atoms with Gasteiger partial charge in [-0.05, 0) is 78.7 Å². The van der Waals surface area contributed by atoms with Crippen LogP contribution in [0.1, 0.15) is 75.8 Å². The number of allylic oxidation sites excluding steroid dienone is 4. The third kappa shape index (κ3) is 4.08. The van der Waals surface area contributed by atoms with Gasteiger partial charge in [-0.15, -0.1) is 0 Å². The molecule has 1 aromatic rings. The zero-order valence-corrected chi connectivity index (χ0v) is 21.8. The van der Waals surface area contributed by atoms with E-state index in [4.69, 9.17) is 14.3 Å². The van der Waals surface area contributed by atoms with Crippen molar-refractivity contribution >= 4 is 18.0 Å². The third-order valence-electron chi connectivity index (χ3n) is 9.51. The second-order valence-electron chi connectivity index (χ2n) is 11.1. The summed E-state index contributed by atoms with van der Waals surface area (Å²) in [6, 6.07) is 8.43. The van der Waals surface area contributed by atoms with Crippen molar-refractivity contribution in [3.8, 4) is 0 Å². The lowest BCUT2D eigenvalue weighted by molar-refractivity contribution is -0.149. The molecule has 5 atom stereocenters. The van der Waals surface area contributed by atoms with E-state index in [0.29, 0.717) is 24.9 Å². The molecule has 0 amide bonds. The summed E-state index contributed by atoms with van der Waals surface area (Å²) < 4.78 is 12.1. The number of ketones is 1. The molecule has 6 heteroatoms. The lowest BCUT2D eigenvalue weighted by Crippen LogP contribution is -2.54. The Morgan fingerprint density at radius 1 is 1.14 bits per heavy atom. The number of rotatable bonds is 6. The molecule has 6 nitrogen and oxygen atoms in total. The number of methoxy groups -OCH3 is 2. The molecule has 36 heavy (non-hydrogen) atoms. The summed E-state index contributed by atoms with van der Waals surface area (Å²) in [5.41, 5.74) is 6.12. The van der Waals surface area contributed by atoms with E-state index in [1.807, 2.05) is 25.3 Å². The highest BCUT2D eigenvalue weighted by atomic mass is 16.7. The number of hydrogen-bond acceptors (Lipinski definition) is 6. The number of carbonyl (C=O) groups is 2. The molecule has 4 aliphatic carbocycles. The van der Waals surface area contributed by atoms with Gasteiger partial charge in [0.15, 0.2) is 5.78 Å². The molecule has 0 bridgehead atoms. The van der Waals surface area contributed by atoms with Gasteiger partial charge in [0.2, 0.25) is 0 Å². The maximum absolute atomic E-state index is 12.3. The lowest BCUT2D eigenvalue weighted by Gasteiger charge is -2.55. The standard InChI is InChI=1S/C30H37NO5/c1-19(32)36-31-17-20-5-7-21(8-6-20)26-16-29(2)27(13-14-30(29,35-4)18-34-3)25-11-9-22-15-23(33)10-12-24(22)28(25)26/h5-8,15,17,25-27H,9-14,16,18H2,1-4H3/b31-17-/t25-,26+,27-,29-,30+/m0/s1. The van der Waals surface area contributed by atoms with Crippen molar-refractivity contribution in [1.82, 2.24) is 0 Å². The van der Waals surface area contributed by atoms with E-state index in [2.05, 4.69) is 24.2 Å². The Balaban J connectivity index is 1.58. The van der Waals surface area contributed by atoms with E-state index >= 15 is 0 Å². The second-order valence-corrected chi connectivity index (χ2v) is 11.1. The molecule has 4 aliphatic rings. The van der Waals surface area contributed by atoms with Crippen LogP contribution in [0.2, 0.25) is 0 Å². The maximum atomic E-state index is 12.3. The molecule has 0 unspecified atom stereocenters. The Morgan fingerprint density at radius 3 is 2.61 bits per heavy atom. The molecule has 0 N–H and O–H groups in total. The minimum Gasteiger partial charge on any atom is -0.382 e. The van der Waals surface area contributed by atoms with Crippen molar-refractivity contribution in [2.24, 2.45) is 22.4 Å². The van der Waals surface area contributed by atoms with Crippen molar-refractivity contribution in [2.45, 2.75) is 70.3 Å². The van der Waals surface area contributed by atoms with Crippen LogP contribution in [0.4, 0.5) is 0 Å². The number of carbonyl (C=O) groups excluding carboxylic acids is 2. The zero-order chi connectivity index (χ0) is 25.5. The molecule has 2 fully saturated rings. The highest BCUT2D eigenvalue weighted by molar-refractivity contribution is 5.93. The first-order chi connectivity index (χ1) is 17.3. The topological polar surface area (TPSA) is 74.2 Å². The molecule has 1 aromatic carbocycles. The average molecular weight is 492 g/mol. The first-order valence-electron chi connectivity index (χ1n) is 13.1. The fourth-order valence-electron chi connectivity index (χ4n) is 7.88. The van der Waals surface area contributed by atoms with Gasteiger partial charge in [0, 0.05) is 38.9 Å². The van der Waals surface area contributed by atoms with E-state index < -0.39 is 5.97 Å². The van der Waals surface area contributed by atoms with Gasteiger partial charge in [0.1, 0.15) is 0 Å². The van der Waals surface area contributed by atoms with Crippen LogP contribution in [0.15, 0.2) is 52.2 Å². The predicted octanol–water partition coefficient (Wildman–Crippen LogP) is 5.51. The van der Waals surface area contributed by atoms with Gasteiger partial charge in [0.05, 0.1) is 18.4 Å². The summed E-state index contributed by atoms with van der Waals surface area (Å²) in [6.45, 7) is 4.37. The fourth-order valence-corrected chi connectivity index (χ4v) is 7.88. The Kier molecular flexibility index (Phi) is 6.77. The maximum Gasteiger partial charge on any atom is 0.331 e. The Hall–Kier alpha value is -2.57. The average Bonchev–Trinajstić information content (AvgIpc) is 3.15. The molecule has 0 saturated heterocycles. The second kappa shape index (κ2) is 9.71. The highest BCUT2D eigenvalue weighted by Gasteiger charge is 2.63. The smallest absolute Gasteiger partial charge is 0.331 e. The predicted molar refractivity (Wildman–Crippen MR) is 138 cm³/mol. The van der Waals surface area contributed by atoms with Gasteiger partial charge in [0.25, 0.3) is 0 Å². The van der Waals surface area contributed by atoms with Gasteiger partial charge in [-0.2, -0.15) is 0 Å². The van der Waals surface area contributed by atoms with Crippen LogP contribution < -0.4 is 0 Å². The molecule has 0 radical (unpaired) electrons. The molecule has 0 spiro atoms. The number of oxime groups is 1. The molecule has 192 valence electrons. The van der Waals surface area contributed by atoms with E-state index in [1.54, 1.807) is 18.9 Å². The van der Waals surface area contributed by atoms with Crippen LogP contribution in [-0.2, 0) is 23.9 Å². The number of benzene rings is 1. The van der Waals surface area contributed by atoms with Crippen molar-refractivity contribution in [1.29, 1.82) is 0 Å². The molecule has 2 saturated carbocycles. The van der Waals surface area contributed by atoms with Crippen molar-refractivity contribution in [3.63, 3.8) is 0 Å². The van der Waals surface area contributed by atoms with Crippen LogP contribution in [0.25, 0.3) is 0 Å². The van der Waals surface area contributed by atoms with Gasteiger partial charge in [-0.3, -0.25) is 4.79 Å². The summed E-state index contributed by atoms with van der Waals surface area (Å²) in [5, 5.41) is 3.76. The number of nitrogens with zero attached hydrogens (tertiary/aromatic N) is 1. The third-order valence-corrected chi connectivity index (χ3v) is 9.51. The fraction of sp³-hybridized carbons (Fsp3) is 0.567. The molecule has 0 heterocycles. The Bertz CT molecular complexity index is 1130. The SMILES string of the molecule is COC[C@]1(OC)CC[C@H]2[C@@H]3CCC4=CC(=O)CCC4=C3[C@@H](c3ccc(/C=N\OC(C)=O)cc3)C[C@@]21C. The molecular weight excluding hydrogens is 454 g/mol. The van der Waals surface area contributed by atoms with E-state index in [-0.39, 0.29) is 22.7 Å². The van der Waals surface area contributed by atoms with Crippen LogP contribution in [0.5, 0.6) is 0 Å². The van der Waals surface area contributed by atoms with Crippen LogP contribution in [0.3, 0.4) is 0 Å². The minimum atomic E-state index is -0.436. The van der Waals surface area contributed by atoms with Gasteiger partial charge < -0.3 is 14.3 Å². The van der Waals surface area contributed by atoms with E-state index in [0.717, 1.165) is 44.1 Å². The quantitative estimate of drug-likeness (QED) is 0.298. The lowest BCUT2D eigenvalue weighted by atomic mass is 9.51. The van der Waals surface area contributed by atoms with Gasteiger partial charge >= 0.3 is 5.97 Å². The van der Waals surface area contributed by atoms with Crippen molar-refractivity contribution in [2.75, 3.05) is 20.8 Å². The zero-order valence-electron chi connectivity index (χ0n) is 21.8. The van der Waals surface area contributed by atoms with Crippen LogP contribution in [0, 0.1) is 17.3 Å². The molecular formula is C30H37NO5. The Labute approximate surface area is 213 Å². The summed E-state index contributed by atoms with van der Waals surface area (Å²) in [6.07, 6.45) is 10.2. The highest BCUT2D eigenvalue weighted by Crippen LogP contribution is 2.67. The largest absolute Gasteiger partial charge is 0.382 e. The minimum absolute atomic E-state index is 0.0156. The number of fused-ring (bicyclic) bond motifs is 4. The summed E-state index contributed by atoms with van der Waals surface area (Å²) in [5.74, 6) is 1.12. The van der Waals surface area contributed by atoms with Crippen LogP contribution in [-0.4, -0.2) is 44.4 Å².